The molecular formula is C24H24F3N5. The molecule has 4 atom stereocenters. The Hall–Kier alpha value is -3.00. The fourth-order valence-corrected chi connectivity index (χ4v) is 5.23. The van der Waals surface area contributed by atoms with E-state index in [1.807, 2.05) is 19.2 Å². The normalized spacial score (nSPS) is 24.7. The summed E-state index contributed by atoms with van der Waals surface area (Å²) < 4.78 is 41.4. The van der Waals surface area contributed by atoms with Gasteiger partial charge in [-0.3, -0.25) is 4.98 Å². The Morgan fingerprint density at radius 3 is 2.62 bits per heavy atom. The predicted molar refractivity (Wildman–Crippen MR) is 115 cm³/mol. The third-order valence-corrected chi connectivity index (χ3v) is 6.72. The van der Waals surface area contributed by atoms with Gasteiger partial charge in [0.2, 0.25) is 0 Å². The Balaban J connectivity index is 1.44. The van der Waals surface area contributed by atoms with Crippen molar-refractivity contribution < 1.29 is 13.2 Å². The molecule has 3 aromatic rings. The Morgan fingerprint density at radius 2 is 1.91 bits per heavy atom. The van der Waals surface area contributed by atoms with Crippen molar-refractivity contribution >= 4 is 5.82 Å². The molecule has 5 nitrogen and oxygen atoms in total. The highest BCUT2D eigenvalue weighted by Gasteiger charge is 2.47. The zero-order valence-corrected chi connectivity index (χ0v) is 17.7. The molecule has 1 aromatic carbocycles. The molecule has 3 heterocycles. The smallest absolute Gasteiger partial charge is 0.168 e. The molecule has 2 aromatic heterocycles. The van der Waals surface area contributed by atoms with Gasteiger partial charge in [-0.05, 0) is 61.4 Å². The van der Waals surface area contributed by atoms with Gasteiger partial charge in [0.1, 0.15) is 5.82 Å². The SMILES string of the molecule is Cc1ccc(C[C@H]2[C@H]3C[C@@H](N)C[C@@H]3CN2c2ccc(-c3cc(F)cc(F)c3F)nn2)nc1. The van der Waals surface area contributed by atoms with Crippen molar-refractivity contribution in [2.75, 3.05) is 11.4 Å². The monoisotopic (exact) mass is 439 g/mol. The van der Waals surface area contributed by atoms with Crippen LogP contribution in [0.2, 0.25) is 0 Å². The highest BCUT2D eigenvalue weighted by atomic mass is 19.2. The molecule has 8 heteroatoms. The summed E-state index contributed by atoms with van der Waals surface area (Å²) in [5.41, 5.74) is 8.21. The van der Waals surface area contributed by atoms with Gasteiger partial charge >= 0.3 is 0 Å². The summed E-state index contributed by atoms with van der Waals surface area (Å²) >= 11 is 0. The molecule has 1 aliphatic heterocycles. The quantitative estimate of drug-likeness (QED) is 0.622. The van der Waals surface area contributed by atoms with Gasteiger partial charge < -0.3 is 10.6 Å². The Morgan fingerprint density at radius 1 is 1.06 bits per heavy atom. The molecule has 1 saturated carbocycles. The van der Waals surface area contributed by atoms with Crippen molar-refractivity contribution in [3.63, 3.8) is 0 Å². The predicted octanol–water partition coefficient (Wildman–Crippen LogP) is 4.05. The van der Waals surface area contributed by atoms with E-state index in [9.17, 15) is 13.2 Å². The topological polar surface area (TPSA) is 67.9 Å². The van der Waals surface area contributed by atoms with E-state index in [-0.39, 0.29) is 23.3 Å². The van der Waals surface area contributed by atoms with Gasteiger partial charge in [0.15, 0.2) is 17.5 Å². The minimum absolute atomic E-state index is 0.0859. The highest BCUT2D eigenvalue weighted by molar-refractivity contribution is 5.61. The second-order valence-electron chi connectivity index (χ2n) is 8.93. The molecule has 2 aliphatic rings. The van der Waals surface area contributed by atoms with E-state index in [0.29, 0.717) is 23.7 Å². The highest BCUT2D eigenvalue weighted by Crippen LogP contribution is 2.44. The first-order valence-electron chi connectivity index (χ1n) is 10.8. The van der Waals surface area contributed by atoms with Crippen LogP contribution < -0.4 is 10.6 Å². The summed E-state index contributed by atoms with van der Waals surface area (Å²) in [6.45, 7) is 2.82. The molecule has 2 N–H and O–H groups in total. The average Bonchev–Trinajstić information content (AvgIpc) is 3.29. The van der Waals surface area contributed by atoms with Crippen LogP contribution in [0.15, 0.2) is 42.6 Å². The van der Waals surface area contributed by atoms with Gasteiger partial charge in [-0.25, -0.2) is 13.2 Å². The lowest BCUT2D eigenvalue weighted by Gasteiger charge is -2.29. The number of halogens is 3. The molecule has 0 unspecified atom stereocenters. The molecule has 32 heavy (non-hydrogen) atoms. The van der Waals surface area contributed by atoms with E-state index in [4.69, 9.17) is 5.73 Å². The van der Waals surface area contributed by atoms with Crippen molar-refractivity contribution in [2.45, 2.75) is 38.3 Å². The van der Waals surface area contributed by atoms with Crippen LogP contribution in [-0.4, -0.2) is 33.8 Å². The van der Waals surface area contributed by atoms with Crippen molar-refractivity contribution in [3.8, 4) is 11.3 Å². The number of hydrogen-bond donors (Lipinski definition) is 1. The van der Waals surface area contributed by atoms with Crippen LogP contribution in [0.4, 0.5) is 19.0 Å². The molecule has 1 saturated heterocycles. The number of anilines is 1. The summed E-state index contributed by atoms with van der Waals surface area (Å²) in [6, 6.07) is 9.22. The number of nitrogens with two attached hydrogens (primary N) is 1. The molecule has 166 valence electrons. The third-order valence-electron chi connectivity index (χ3n) is 6.72. The standard InChI is InChI=1S/C24H24F3N5/c1-13-2-3-17(29-11-13)10-22-18-9-16(28)6-14(18)12-32(22)23-5-4-21(30-31-23)19-7-15(25)8-20(26)24(19)27/h2-5,7-8,11,14,16,18,22H,6,9-10,12,28H2,1H3/t14-,16+,18+,22+/m1/s1. The van der Waals surface area contributed by atoms with Gasteiger partial charge in [-0.2, -0.15) is 0 Å². The Bertz CT molecular complexity index is 1120. The number of nitrogens with zero attached hydrogens (tertiary/aromatic N) is 4. The first kappa shape index (κ1) is 20.9. The van der Waals surface area contributed by atoms with Crippen LogP contribution in [0.5, 0.6) is 0 Å². The van der Waals surface area contributed by atoms with Crippen molar-refractivity contribution in [3.05, 3.63) is 71.3 Å². The van der Waals surface area contributed by atoms with Crippen LogP contribution in [0.3, 0.4) is 0 Å². The van der Waals surface area contributed by atoms with E-state index in [1.165, 1.54) is 0 Å². The lowest BCUT2D eigenvalue weighted by atomic mass is 9.91. The minimum Gasteiger partial charge on any atom is -0.351 e. The van der Waals surface area contributed by atoms with Crippen LogP contribution in [0, 0.1) is 36.2 Å². The number of rotatable bonds is 4. The molecule has 2 fully saturated rings. The van der Waals surface area contributed by atoms with Crippen LogP contribution in [-0.2, 0) is 6.42 Å². The molecule has 0 spiro atoms. The zero-order chi connectivity index (χ0) is 22.4. The fraction of sp³-hybridized carbons (Fsp3) is 0.375. The number of fused-ring (bicyclic) bond motifs is 1. The summed E-state index contributed by atoms with van der Waals surface area (Å²) in [5.74, 6) is -1.69. The van der Waals surface area contributed by atoms with Crippen LogP contribution >= 0.6 is 0 Å². The second-order valence-corrected chi connectivity index (χ2v) is 8.93. The maximum atomic E-state index is 14.2. The van der Waals surface area contributed by atoms with Crippen molar-refractivity contribution in [1.29, 1.82) is 0 Å². The van der Waals surface area contributed by atoms with Gasteiger partial charge in [-0.15, -0.1) is 10.2 Å². The molecule has 0 amide bonds. The summed E-state index contributed by atoms with van der Waals surface area (Å²) in [7, 11) is 0. The van der Waals surface area contributed by atoms with Gasteiger partial charge in [0, 0.05) is 48.6 Å². The molecule has 0 bridgehead atoms. The third kappa shape index (κ3) is 3.83. The summed E-state index contributed by atoms with van der Waals surface area (Å²) in [4.78, 5) is 6.80. The first-order valence-corrected chi connectivity index (χ1v) is 10.8. The minimum atomic E-state index is -1.25. The summed E-state index contributed by atoms with van der Waals surface area (Å²) in [6.07, 6.45) is 4.56. The maximum absolute atomic E-state index is 14.2. The van der Waals surface area contributed by atoms with E-state index in [2.05, 4.69) is 26.1 Å². The number of pyridine rings is 1. The fourth-order valence-electron chi connectivity index (χ4n) is 5.23. The summed E-state index contributed by atoms with van der Waals surface area (Å²) in [5, 5.41) is 8.40. The van der Waals surface area contributed by atoms with E-state index < -0.39 is 17.5 Å². The number of benzene rings is 1. The van der Waals surface area contributed by atoms with Gasteiger partial charge in [-0.1, -0.05) is 6.07 Å². The maximum Gasteiger partial charge on any atom is 0.168 e. The number of aryl methyl sites for hydroxylation is 1. The lowest BCUT2D eigenvalue weighted by molar-refractivity contribution is 0.415. The van der Waals surface area contributed by atoms with E-state index in [1.54, 1.807) is 12.1 Å². The van der Waals surface area contributed by atoms with Gasteiger partial charge in [0.25, 0.3) is 0 Å². The van der Waals surface area contributed by atoms with Crippen molar-refractivity contribution in [1.82, 2.24) is 15.2 Å². The first-order chi connectivity index (χ1) is 15.4. The van der Waals surface area contributed by atoms with Crippen molar-refractivity contribution in [2.24, 2.45) is 17.6 Å². The average molecular weight is 439 g/mol. The van der Waals surface area contributed by atoms with E-state index in [0.717, 1.165) is 43.1 Å². The van der Waals surface area contributed by atoms with Crippen LogP contribution in [0.25, 0.3) is 11.3 Å². The molecular weight excluding hydrogens is 415 g/mol. The van der Waals surface area contributed by atoms with Gasteiger partial charge in [0.05, 0.1) is 5.69 Å². The van der Waals surface area contributed by atoms with E-state index >= 15 is 0 Å². The Kier molecular flexibility index (Phi) is 5.33. The van der Waals surface area contributed by atoms with Crippen LogP contribution in [0.1, 0.15) is 24.1 Å². The lowest BCUT2D eigenvalue weighted by Crippen LogP contribution is -2.37. The molecule has 1 aliphatic carbocycles. The number of hydrogen-bond acceptors (Lipinski definition) is 5. The molecule has 5 rings (SSSR count). The second kappa shape index (κ2) is 8.16. The zero-order valence-electron chi connectivity index (χ0n) is 17.7. The number of aromatic nitrogens is 3. The largest absolute Gasteiger partial charge is 0.351 e. The Labute approximate surface area is 184 Å². The molecule has 0 radical (unpaired) electrons.